The molecule has 1 aliphatic rings. The van der Waals surface area contributed by atoms with Crippen molar-refractivity contribution in [1.82, 2.24) is 15.3 Å². The Kier molecular flexibility index (Phi) is 7.30. The maximum Gasteiger partial charge on any atom is 0.254 e. The van der Waals surface area contributed by atoms with Gasteiger partial charge in [-0.05, 0) is 25.7 Å². The lowest BCUT2D eigenvalue weighted by atomic mass is 10.1. The molecular weight excluding hydrogens is 288 g/mol. The van der Waals surface area contributed by atoms with Crippen molar-refractivity contribution in [2.75, 3.05) is 18.0 Å². The third-order valence-electron chi connectivity index (χ3n) is 4.36. The summed E-state index contributed by atoms with van der Waals surface area (Å²) in [5.41, 5.74) is 0.561. The Balaban J connectivity index is 1.95. The number of nitrogens with one attached hydrogen (secondary N) is 1. The molecule has 0 saturated heterocycles. The Hall–Kier alpha value is -1.65. The standard InChI is InChI=1S/C18H30N4O/c1-3-11-22(12-4-2)18-19-13-15(14-20-18)17(23)21-16-9-7-5-6-8-10-16/h13-14,16H,3-12H2,1-2H3,(H,21,23). The molecule has 1 aromatic rings. The molecule has 1 amide bonds. The summed E-state index contributed by atoms with van der Waals surface area (Å²) < 4.78 is 0. The lowest BCUT2D eigenvalue weighted by molar-refractivity contribution is 0.0932. The molecule has 1 aromatic heterocycles. The molecule has 1 saturated carbocycles. The number of hydrogen-bond donors (Lipinski definition) is 1. The first-order valence-electron chi connectivity index (χ1n) is 9.12. The molecule has 0 unspecified atom stereocenters. The second kappa shape index (κ2) is 9.48. The highest BCUT2D eigenvalue weighted by Gasteiger charge is 2.17. The van der Waals surface area contributed by atoms with E-state index in [1.54, 1.807) is 12.4 Å². The Morgan fingerprint density at radius 1 is 1.09 bits per heavy atom. The molecule has 1 heterocycles. The maximum absolute atomic E-state index is 12.4. The van der Waals surface area contributed by atoms with Gasteiger partial charge in [-0.1, -0.05) is 39.5 Å². The topological polar surface area (TPSA) is 58.1 Å². The molecule has 0 spiro atoms. The van der Waals surface area contributed by atoms with Crippen molar-refractivity contribution in [1.29, 1.82) is 0 Å². The van der Waals surface area contributed by atoms with Crippen LogP contribution < -0.4 is 10.2 Å². The van der Waals surface area contributed by atoms with E-state index in [9.17, 15) is 4.79 Å². The van der Waals surface area contributed by atoms with Gasteiger partial charge in [-0.15, -0.1) is 0 Å². The van der Waals surface area contributed by atoms with Crippen LogP contribution in [-0.4, -0.2) is 35.0 Å². The minimum absolute atomic E-state index is 0.0408. The van der Waals surface area contributed by atoms with E-state index in [-0.39, 0.29) is 5.91 Å². The number of carbonyl (C=O) groups is 1. The molecule has 0 atom stereocenters. The van der Waals surface area contributed by atoms with Crippen LogP contribution in [0.25, 0.3) is 0 Å². The van der Waals surface area contributed by atoms with Gasteiger partial charge in [0.2, 0.25) is 5.95 Å². The fraction of sp³-hybridized carbons (Fsp3) is 0.722. The van der Waals surface area contributed by atoms with Crippen LogP contribution in [-0.2, 0) is 0 Å². The van der Waals surface area contributed by atoms with Crippen molar-refractivity contribution in [3.63, 3.8) is 0 Å². The molecule has 1 aliphatic carbocycles. The van der Waals surface area contributed by atoms with E-state index in [4.69, 9.17) is 0 Å². The van der Waals surface area contributed by atoms with E-state index in [1.807, 2.05) is 0 Å². The second-order valence-electron chi connectivity index (χ2n) is 6.42. The first-order chi connectivity index (χ1) is 11.2. The zero-order chi connectivity index (χ0) is 16.5. The zero-order valence-electron chi connectivity index (χ0n) is 14.6. The summed E-state index contributed by atoms with van der Waals surface area (Å²) in [7, 11) is 0. The van der Waals surface area contributed by atoms with Gasteiger partial charge in [0.15, 0.2) is 0 Å². The van der Waals surface area contributed by atoms with Gasteiger partial charge in [-0.25, -0.2) is 9.97 Å². The van der Waals surface area contributed by atoms with E-state index in [0.717, 1.165) is 44.7 Å². The van der Waals surface area contributed by atoms with Crippen LogP contribution >= 0.6 is 0 Å². The van der Waals surface area contributed by atoms with Gasteiger partial charge in [0, 0.05) is 31.5 Å². The molecule has 0 radical (unpaired) electrons. The number of nitrogens with zero attached hydrogens (tertiary/aromatic N) is 3. The smallest absolute Gasteiger partial charge is 0.254 e. The van der Waals surface area contributed by atoms with Crippen LogP contribution in [0.15, 0.2) is 12.4 Å². The number of rotatable bonds is 7. The van der Waals surface area contributed by atoms with Gasteiger partial charge < -0.3 is 10.2 Å². The molecule has 5 heteroatoms. The summed E-state index contributed by atoms with van der Waals surface area (Å²) in [6.45, 7) is 6.19. The number of hydrogen-bond acceptors (Lipinski definition) is 4. The largest absolute Gasteiger partial charge is 0.349 e. The summed E-state index contributed by atoms with van der Waals surface area (Å²) in [5, 5.41) is 3.14. The van der Waals surface area contributed by atoms with E-state index in [1.165, 1.54) is 25.7 Å². The molecular formula is C18H30N4O. The van der Waals surface area contributed by atoms with Gasteiger partial charge in [-0.2, -0.15) is 0 Å². The van der Waals surface area contributed by atoms with Crippen molar-refractivity contribution in [2.45, 2.75) is 71.3 Å². The average molecular weight is 318 g/mol. The van der Waals surface area contributed by atoms with E-state index < -0.39 is 0 Å². The number of aromatic nitrogens is 2. The predicted octanol–water partition coefficient (Wildman–Crippen LogP) is 3.56. The van der Waals surface area contributed by atoms with Crippen molar-refractivity contribution in [2.24, 2.45) is 0 Å². The quantitative estimate of drug-likeness (QED) is 0.781. The minimum Gasteiger partial charge on any atom is -0.349 e. The molecule has 23 heavy (non-hydrogen) atoms. The highest BCUT2D eigenvalue weighted by molar-refractivity contribution is 5.93. The van der Waals surface area contributed by atoms with Gasteiger partial charge >= 0.3 is 0 Å². The maximum atomic E-state index is 12.4. The lowest BCUT2D eigenvalue weighted by Crippen LogP contribution is -2.34. The number of amides is 1. The summed E-state index contributed by atoms with van der Waals surface area (Å²) in [4.78, 5) is 23.3. The third kappa shape index (κ3) is 5.48. The van der Waals surface area contributed by atoms with Gasteiger partial charge in [0.25, 0.3) is 5.91 Å². The molecule has 5 nitrogen and oxygen atoms in total. The first-order valence-corrected chi connectivity index (χ1v) is 9.12. The molecule has 0 aliphatic heterocycles. The van der Waals surface area contributed by atoms with Crippen molar-refractivity contribution in [3.05, 3.63) is 18.0 Å². The van der Waals surface area contributed by atoms with Gasteiger partial charge in [0.05, 0.1) is 5.56 Å². The van der Waals surface area contributed by atoms with E-state index in [2.05, 4.69) is 34.0 Å². The van der Waals surface area contributed by atoms with Crippen molar-refractivity contribution < 1.29 is 4.79 Å². The highest BCUT2D eigenvalue weighted by Crippen LogP contribution is 2.17. The Labute approximate surface area is 139 Å². The highest BCUT2D eigenvalue weighted by atomic mass is 16.1. The summed E-state index contributed by atoms with van der Waals surface area (Å²) in [5.74, 6) is 0.681. The second-order valence-corrected chi connectivity index (χ2v) is 6.42. The third-order valence-corrected chi connectivity index (χ3v) is 4.36. The van der Waals surface area contributed by atoms with Crippen LogP contribution in [0, 0.1) is 0 Å². The summed E-state index contributed by atoms with van der Waals surface area (Å²) in [6.07, 6.45) is 12.6. The molecule has 0 bridgehead atoms. The molecule has 0 aromatic carbocycles. The average Bonchev–Trinajstić information content (AvgIpc) is 2.83. The molecule has 1 N–H and O–H groups in total. The zero-order valence-corrected chi connectivity index (χ0v) is 14.6. The predicted molar refractivity (Wildman–Crippen MR) is 93.8 cm³/mol. The normalized spacial score (nSPS) is 15.9. The number of anilines is 1. The van der Waals surface area contributed by atoms with Crippen molar-refractivity contribution in [3.8, 4) is 0 Å². The number of carbonyl (C=O) groups excluding carboxylic acids is 1. The van der Waals surface area contributed by atoms with Crippen LogP contribution in [0.2, 0.25) is 0 Å². The summed E-state index contributed by atoms with van der Waals surface area (Å²) >= 11 is 0. The molecule has 128 valence electrons. The molecule has 1 fully saturated rings. The van der Waals surface area contributed by atoms with Gasteiger partial charge in [-0.3, -0.25) is 4.79 Å². The first kappa shape index (κ1) is 17.7. The SMILES string of the molecule is CCCN(CCC)c1ncc(C(=O)NC2CCCCCC2)cn1. The van der Waals surface area contributed by atoms with E-state index >= 15 is 0 Å². The minimum atomic E-state index is -0.0408. The fourth-order valence-corrected chi connectivity index (χ4v) is 3.15. The fourth-order valence-electron chi connectivity index (χ4n) is 3.15. The lowest BCUT2D eigenvalue weighted by Gasteiger charge is -2.21. The van der Waals surface area contributed by atoms with Gasteiger partial charge in [0.1, 0.15) is 0 Å². The van der Waals surface area contributed by atoms with Crippen LogP contribution in [0.5, 0.6) is 0 Å². The monoisotopic (exact) mass is 318 g/mol. The Bertz CT molecular complexity index is 460. The molecule has 2 rings (SSSR count). The Morgan fingerprint density at radius 3 is 2.17 bits per heavy atom. The van der Waals surface area contributed by atoms with E-state index in [0.29, 0.717) is 11.6 Å². The van der Waals surface area contributed by atoms with Crippen LogP contribution in [0.1, 0.15) is 75.6 Å². The van der Waals surface area contributed by atoms with Crippen molar-refractivity contribution >= 4 is 11.9 Å². The Morgan fingerprint density at radius 2 is 1.65 bits per heavy atom. The van der Waals surface area contributed by atoms with Crippen LogP contribution in [0.4, 0.5) is 5.95 Å². The van der Waals surface area contributed by atoms with Crippen LogP contribution in [0.3, 0.4) is 0 Å². The summed E-state index contributed by atoms with van der Waals surface area (Å²) in [6, 6.07) is 0.307.